The number of hydrogen-bond donors (Lipinski definition) is 2. The number of aliphatic carboxylic acids is 1. The minimum absolute atomic E-state index is 0.0236. The van der Waals surface area contributed by atoms with E-state index in [-0.39, 0.29) is 25.4 Å². The topological polar surface area (TPSA) is 95.9 Å². The molecule has 1 aliphatic heterocycles. The summed E-state index contributed by atoms with van der Waals surface area (Å²) in [5, 5.41) is 12.8. The highest BCUT2D eigenvalue weighted by Gasteiger charge is 2.52. The van der Waals surface area contributed by atoms with Crippen molar-refractivity contribution >= 4 is 16.0 Å². The van der Waals surface area contributed by atoms with Gasteiger partial charge in [0.15, 0.2) is 0 Å². The van der Waals surface area contributed by atoms with Crippen molar-refractivity contribution in [2.75, 3.05) is 25.4 Å². The molecule has 1 saturated heterocycles. The van der Waals surface area contributed by atoms with Gasteiger partial charge in [-0.2, -0.15) is 4.31 Å². The van der Waals surface area contributed by atoms with Gasteiger partial charge in [-0.05, 0) is 12.0 Å². The highest BCUT2D eigenvalue weighted by atomic mass is 32.2. The standard InChI is InChI=1S/C17H26N2O5S/c1-2-3-7-12-25(22,23)19-11-10-18-14-17(19,16(20)21)24-13-15-8-5-4-6-9-15/h4-6,8-9,18H,2-3,7,10-14H2,1H3,(H,20,21). The number of rotatable bonds is 9. The van der Waals surface area contributed by atoms with Crippen LogP contribution in [0.3, 0.4) is 0 Å². The van der Waals surface area contributed by atoms with Crippen LogP contribution in [0.2, 0.25) is 0 Å². The van der Waals surface area contributed by atoms with Crippen molar-refractivity contribution in [3.8, 4) is 0 Å². The summed E-state index contributed by atoms with van der Waals surface area (Å²) in [7, 11) is -3.73. The van der Waals surface area contributed by atoms with Crippen LogP contribution < -0.4 is 5.32 Å². The fraction of sp³-hybridized carbons (Fsp3) is 0.588. The Morgan fingerprint density at radius 3 is 2.68 bits per heavy atom. The van der Waals surface area contributed by atoms with E-state index in [2.05, 4.69) is 5.32 Å². The molecule has 1 unspecified atom stereocenters. The molecule has 1 atom stereocenters. The van der Waals surface area contributed by atoms with Gasteiger partial charge in [0, 0.05) is 13.1 Å². The van der Waals surface area contributed by atoms with E-state index in [1.807, 2.05) is 37.3 Å². The number of piperazine rings is 1. The summed E-state index contributed by atoms with van der Waals surface area (Å²) in [5.41, 5.74) is -1.13. The van der Waals surface area contributed by atoms with Crippen molar-refractivity contribution in [3.63, 3.8) is 0 Å². The molecule has 0 radical (unpaired) electrons. The molecule has 1 aromatic carbocycles. The van der Waals surface area contributed by atoms with Gasteiger partial charge in [0.05, 0.1) is 18.9 Å². The number of nitrogens with one attached hydrogen (secondary N) is 1. The summed E-state index contributed by atoms with van der Waals surface area (Å²) in [5.74, 6) is -1.36. The molecule has 1 fully saturated rings. The van der Waals surface area contributed by atoms with Crippen LogP contribution >= 0.6 is 0 Å². The number of nitrogens with zero attached hydrogens (tertiary/aromatic N) is 1. The first kappa shape index (κ1) is 19.8. The second-order valence-corrected chi connectivity index (χ2v) is 8.15. The average molecular weight is 370 g/mol. The van der Waals surface area contributed by atoms with Crippen LogP contribution in [0.1, 0.15) is 31.7 Å². The van der Waals surface area contributed by atoms with E-state index in [1.54, 1.807) is 0 Å². The zero-order chi connectivity index (χ0) is 18.3. The normalized spacial score (nSPS) is 22.0. The van der Waals surface area contributed by atoms with E-state index in [9.17, 15) is 18.3 Å². The smallest absolute Gasteiger partial charge is 0.354 e. The Morgan fingerprint density at radius 1 is 1.32 bits per heavy atom. The molecule has 0 bridgehead atoms. The Kier molecular flexibility index (Phi) is 6.95. The van der Waals surface area contributed by atoms with Crippen molar-refractivity contribution in [2.24, 2.45) is 0 Å². The fourth-order valence-corrected chi connectivity index (χ4v) is 4.66. The van der Waals surface area contributed by atoms with E-state index < -0.39 is 21.7 Å². The summed E-state index contributed by atoms with van der Waals surface area (Å²) in [6.45, 7) is 2.41. The summed E-state index contributed by atoms with van der Waals surface area (Å²) in [6.07, 6.45) is 2.19. The predicted octanol–water partition coefficient (Wildman–Crippen LogP) is 1.41. The number of sulfonamides is 1. The van der Waals surface area contributed by atoms with Crippen molar-refractivity contribution in [1.29, 1.82) is 0 Å². The van der Waals surface area contributed by atoms with Gasteiger partial charge in [0.25, 0.3) is 0 Å². The molecule has 0 aromatic heterocycles. The van der Waals surface area contributed by atoms with E-state index in [0.717, 1.165) is 22.7 Å². The molecule has 0 saturated carbocycles. The average Bonchev–Trinajstić information content (AvgIpc) is 2.61. The molecule has 7 nitrogen and oxygen atoms in total. The lowest BCUT2D eigenvalue weighted by molar-refractivity contribution is -0.191. The van der Waals surface area contributed by atoms with Crippen molar-refractivity contribution < 1.29 is 23.1 Å². The maximum atomic E-state index is 12.7. The van der Waals surface area contributed by atoms with Crippen LogP contribution in [0.15, 0.2) is 30.3 Å². The Hall–Kier alpha value is -1.48. The molecule has 1 aromatic rings. The number of hydrogen-bond acceptors (Lipinski definition) is 5. The minimum Gasteiger partial charge on any atom is -0.478 e. The molecular formula is C17H26N2O5S. The van der Waals surface area contributed by atoms with Crippen LogP contribution in [0.25, 0.3) is 0 Å². The summed E-state index contributed by atoms with van der Waals surface area (Å²) < 4.78 is 32.2. The van der Waals surface area contributed by atoms with Crippen LogP contribution in [0.5, 0.6) is 0 Å². The quantitative estimate of drug-likeness (QED) is 0.638. The first-order valence-corrected chi connectivity index (χ1v) is 10.2. The minimum atomic E-state index is -3.73. The largest absolute Gasteiger partial charge is 0.478 e. The molecule has 2 rings (SSSR count). The van der Waals surface area contributed by atoms with Crippen molar-refractivity contribution in [1.82, 2.24) is 9.62 Å². The zero-order valence-electron chi connectivity index (χ0n) is 14.5. The van der Waals surface area contributed by atoms with Gasteiger partial charge in [-0.1, -0.05) is 50.1 Å². The monoisotopic (exact) mass is 370 g/mol. The van der Waals surface area contributed by atoms with Crippen molar-refractivity contribution in [2.45, 2.75) is 38.5 Å². The van der Waals surface area contributed by atoms with Crippen LogP contribution in [-0.4, -0.2) is 54.9 Å². The lowest BCUT2D eigenvalue weighted by atomic mass is 10.1. The predicted molar refractivity (Wildman–Crippen MR) is 94.5 cm³/mol. The SMILES string of the molecule is CCCCCS(=O)(=O)N1CCNCC1(OCc1ccccc1)C(=O)O. The van der Waals surface area contributed by atoms with Crippen LogP contribution in [0, 0.1) is 0 Å². The van der Waals surface area contributed by atoms with Crippen LogP contribution in [0.4, 0.5) is 0 Å². The van der Waals surface area contributed by atoms with Gasteiger partial charge in [-0.15, -0.1) is 0 Å². The highest BCUT2D eigenvalue weighted by molar-refractivity contribution is 7.89. The van der Waals surface area contributed by atoms with Crippen LogP contribution in [-0.2, 0) is 26.2 Å². The molecule has 8 heteroatoms. The Labute approximate surface area is 149 Å². The van der Waals surface area contributed by atoms with Crippen molar-refractivity contribution in [3.05, 3.63) is 35.9 Å². The molecule has 1 aliphatic rings. The highest BCUT2D eigenvalue weighted by Crippen LogP contribution is 2.26. The molecule has 0 amide bonds. The summed E-state index contributed by atoms with van der Waals surface area (Å²) >= 11 is 0. The molecule has 140 valence electrons. The Morgan fingerprint density at radius 2 is 2.04 bits per heavy atom. The maximum Gasteiger partial charge on any atom is 0.354 e. The third-order valence-corrected chi connectivity index (χ3v) is 6.21. The fourth-order valence-electron chi connectivity index (χ4n) is 2.86. The van der Waals surface area contributed by atoms with E-state index in [4.69, 9.17) is 4.74 Å². The number of ether oxygens (including phenoxy) is 1. The molecule has 0 aliphatic carbocycles. The van der Waals surface area contributed by atoms with E-state index >= 15 is 0 Å². The molecule has 2 N–H and O–H groups in total. The van der Waals surface area contributed by atoms with Gasteiger partial charge >= 0.3 is 5.97 Å². The van der Waals surface area contributed by atoms with Gasteiger partial charge < -0.3 is 15.2 Å². The Bertz CT molecular complexity index is 665. The van der Waals surface area contributed by atoms with E-state index in [0.29, 0.717) is 13.0 Å². The first-order chi connectivity index (χ1) is 11.9. The first-order valence-electron chi connectivity index (χ1n) is 8.55. The summed E-state index contributed by atoms with van der Waals surface area (Å²) in [6, 6.07) is 9.12. The lowest BCUT2D eigenvalue weighted by Crippen LogP contribution is -2.68. The maximum absolute atomic E-state index is 12.7. The van der Waals surface area contributed by atoms with Gasteiger partial charge in [-0.3, -0.25) is 0 Å². The number of unbranched alkanes of at least 4 members (excludes halogenated alkanes) is 2. The summed E-state index contributed by atoms with van der Waals surface area (Å²) in [4.78, 5) is 12.0. The second-order valence-electron chi connectivity index (χ2n) is 6.14. The molecule has 1 heterocycles. The number of carbonyl (C=O) groups is 1. The number of benzene rings is 1. The lowest BCUT2D eigenvalue weighted by Gasteiger charge is -2.42. The molecule has 0 spiro atoms. The van der Waals surface area contributed by atoms with Gasteiger partial charge in [0.2, 0.25) is 15.7 Å². The van der Waals surface area contributed by atoms with Gasteiger partial charge in [0.1, 0.15) is 0 Å². The number of carboxylic acid groups (broad SMARTS) is 1. The third kappa shape index (κ3) is 4.78. The second kappa shape index (κ2) is 8.75. The number of carboxylic acids is 1. The van der Waals surface area contributed by atoms with Gasteiger partial charge in [-0.25, -0.2) is 13.2 Å². The third-order valence-electron chi connectivity index (χ3n) is 4.26. The van der Waals surface area contributed by atoms with E-state index in [1.165, 1.54) is 0 Å². The molecular weight excluding hydrogens is 344 g/mol. The Balaban J connectivity index is 2.23. The zero-order valence-corrected chi connectivity index (χ0v) is 15.3. The molecule has 25 heavy (non-hydrogen) atoms.